The lowest BCUT2D eigenvalue weighted by Crippen LogP contribution is -2.51. The summed E-state index contributed by atoms with van der Waals surface area (Å²) in [4.78, 5) is 26.5. The van der Waals surface area contributed by atoms with Crippen LogP contribution in [0, 0.1) is 23.1 Å². The Labute approximate surface area is 175 Å². The molecule has 1 fully saturated rings. The highest BCUT2D eigenvalue weighted by Crippen LogP contribution is 2.43. The van der Waals surface area contributed by atoms with Gasteiger partial charge in [-0.2, -0.15) is 5.26 Å². The maximum absolute atomic E-state index is 13.7. The number of amides is 1. The van der Waals surface area contributed by atoms with Crippen molar-refractivity contribution in [1.29, 1.82) is 5.26 Å². The van der Waals surface area contributed by atoms with Crippen molar-refractivity contribution in [3.05, 3.63) is 34.6 Å². The van der Waals surface area contributed by atoms with Crippen LogP contribution in [-0.4, -0.2) is 42.3 Å². The van der Waals surface area contributed by atoms with Gasteiger partial charge in [0.15, 0.2) is 5.92 Å². The first-order valence-corrected chi connectivity index (χ1v) is 9.91. The Kier molecular flexibility index (Phi) is 7.12. The first kappa shape index (κ1) is 23.0. The van der Waals surface area contributed by atoms with E-state index in [-0.39, 0.29) is 24.7 Å². The van der Waals surface area contributed by atoms with Gasteiger partial charge in [0.2, 0.25) is 0 Å². The summed E-state index contributed by atoms with van der Waals surface area (Å²) in [6, 6.07) is 6.27. The molecule has 1 saturated heterocycles. The molecule has 2 rings (SSSR count). The highest BCUT2D eigenvalue weighted by atomic mass is 35.5. The van der Waals surface area contributed by atoms with Crippen LogP contribution in [0.15, 0.2) is 18.2 Å². The predicted octanol–water partition coefficient (Wildman–Crippen LogP) is 4.45. The maximum atomic E-state index is 13.7. The molecule has 0 radical (unpaired) electrons. The van der Waals surface area contributed by atoms with E-state index in [1.807, 2.05) is 0 Å². The molecular formula is C21H26ClFN2O4. The molecule has 0 N–H and O–H groups in total. The number of piperidine rings is 1. The van der Waals surface area contributed by atoms with Gasteiger partial charge in [0.05, 0.1) is 17.7 Å². The predicted molar refractivity (Wildman–Crippen MR) is 106 cm³/mol. The zero-order valence-electron chi connectivity index (χ0n) is 17.1. The summed E-state index contributed by atoms with van der Waals surface area (Å²) in [7, 11) is 0. The fourth-order valence-electron chi connectivity index (χ4n) is 3.59. The van der Waals surface area contributed by atoms with Crippen molar-refractivity contribution in [1.82, 2.24) is 4.90 Å². The van der Waals surface area contributed by atoms with Crippen LogP contribution < -0.4 is 0 Å². The lowest BCUT2D eigenvalue weighted by molar-refractivity contribution is -0.149. The number of halogens is 2. The lowest BCUT2D eigenvalue weighted by atomic mass is 9.64. The molecule has 0 aliphatic carbocycles. The molecule has 1 aliphatic heterocycles. The SMILES string of the molecule is CCOC(=O)C(C#N)C1(c2ccc(F)c(Cl)c2)CCN(C(=O)OC(C)(C)C)CC1. The average molecular weight is 425 g/mol. The van der Waals surface area contributed by atoms with E-state index in [4.69, 9.17) is 21.1 Å². The summed E-state index contributed by atoms with van der Waals surface area (Å²) in [5.74, 6) is -2.33. The van der Waals surface area contributed by atoms with E-state index in [0.717, 1.165) is 0 Å². The van der Waals surface area contributed by atoms with Crippen LogP contribution in [0.4, 0.5) is 9.18 Å². The van der Waals surface area contributed by atoms with Gasteiger partial charge in [-0.3, -0.25) is 4.79 Å². The number of carbonyl (C=O) groups excluding carboxylic acids is 2. The summed E-state index contributed by atoms with van der Waals surface area (Å²) in [5.41, 5.74) is -1.00. The van der Waals surface area contributed by atoms with Gasteiger partial charge in [-0.25, -0.2) is 9.18 Å². The second-order valence-corrected chi connectivity index (χ2v) is 8.47. The topological polar surface area (TPSA) is 79.6 Å². The first-order chi connectivity index (χ1) is 13.5. The number of nitriles is 1. The summed E-state index contributed by atoms with van der Waals surface area (Å²) >= 11 is 5.98. The van der Waals surface area contributed by atoms with Crippen molar-refractivity contribution >= 4 is 23.7 Å². The Balaban J connectivity index is 2.38. The monoisotopic (exact) mass is 424 g/mol. The van der Waals surface area contributed by atoms with Gasteiger partial charge in [0, 0.05) is 18.5 Å². The van der Waals surface area contributed by atoms with Crippen LogP contribution in [0.5, 0.6) is 0 Å². The maximum Gasteiger partial charge on any atom is 0.410 e. The minimum Gasteiger partial charge on any atom is -0.465 e. The van der Waals surface area contributed by atoms with Gasteiger partial charge in [-0.15, -0.1) is 0 Å². The van der Waals surface area contributed by atoms with Crippen LogP contribution in [0.2, 0.25) is 5.02 Å². The second kappa shape index (κ2) is 9.00. The molecular weight excluding hydrogens is 399 g/mol. The van der Waals surface area contributed by atoms with Crippen LogP contribution in [-0.2, 0) is 19.7 Å². The summed E-state index contributed by atoms with van der Waals surface area (Å²) < 4.78 is 24.3. The van der Waals surface area contributed by atoms with Gasteiger partial charge in [-0.05, 0) is 58.2 Å². The summed E-state index contributed by atoms with van der Waals surface area (Å²) in [6.45, 7) is 7.72. The molecule has 0 saturated carbocycles. The number of benzene rings is 1. The molecule has 1 unspecified atom stereocenters. The van der Waals surface area contributed by atoms with E-state index in [0.29, 0.717) is 18.4 Å². The van der Waals surface area contributed by atoms with Gasteiger partial charge in [0.1, 0.15) is 11.4 Å². The molecule has 0 aromatic heterocycles. The molecule has 1 aliphatic rings. The van der Waals surface area contributed by atoms with Crippen LogP contribution in [0.1, 0.15) is 46.1 Å². The van der Waals surface area contributed by atoms with Crippen LogP contribution >= 0.6 is 11.6 Å². The molecule has 1 aromatic carbocycles. The normalized spacial score (nSPS) is 17.2. The first-order valence-electron chi connectivity index (χ1n) is 9.54. The van der Waals surface area contributed by atoms with Crippen molar-refractivity contribution in [3.63, 3.8) is 0 Å². The number of likely N-dealkylation sites (tertiary alicyclic amines) is 1. The number of ether oxygens (including phenoxy) is 2. The molecule has 158 valence electrons. The van der Waals surface area contributed by atoms with Gasteiger partial charge >= 0.3 is 12.1 Å². The number of nitrogens with zero attached hydrogens (tertiary/aromatic N) is 2. The van der Waals surface area contributed by atoms with Crippen LogP contribution in [0.25, 0.3) is 0 Å². The van der Waals surface area contributed by atoms with E-state index in [2.05, 4.69) is 6.07 Å². The third kappa shape index (κ3) is 5.18. The van der Waals surface area contributed by atoms with E-state index < -0.39 is 34.8 Å². The highest BCUT2D eigenvalue weighted by molar-refractivity contribution is 6.30. The molecule has 0 spiro atoms. The smallest absolute Gasteiger partial charge is 0.410 e. The molecule has 1 heterocycles. The third-order valence-corrected chi connectivity index (χ3v) is 5.30. The number of hydrogen-bond acceptors (Lipinski definition) is 5. The van der Waals surface area contributed by atoms with E-state index in [1.165, 1.54) is 18.2 Å². The van der Waals surface area contributed by atoms with Crippen molar-refractivity contribution in [2.24, 2.45) is 5.92 Å². The van der Waals surface area contributed by atoms with Gasteiger partial charge < -0.3 is 14.4 Å². The Morgan fingerprint density at radius 2 is 1.97 bits per heavy atom. The number of carbonyl (C=O) groups is 2. The Hall–Kier alpha value is -2.33. The molecule has 0 bridgehead atoms. The van der Waals surface area contributed by atoms with Crippen molar-refractivity contribution < 1.29 is 23.5 Å². The number of esters is 1. The summed E-state index contributed by atoms with van der Waals surface area (Å²) in [5, 5.41) is 9.70. The fourth-order valence-corrected chi connectivity index (χ4v) is 3.77. The molecule has 8 heteroatoms. The van der Waals surface area contributed by atoms with E-state index in [9.17, 15) is 19.2 Å². The van der Waals surface area contributed by atoms with E-state index in [1.54, 1.807) is 32.6 Å². The minimum absolute atomic E-state index is 0.0861. The van der Waals surface area contributed by atoms with Crippen molar-refractivity contribution in [2.75, 3.05) is 19.7 Å². The third-order valence-electron chi connectivity index (χ3n) is 5.01. The average Bonchev–Trinajstić information content (AvgIpc) is 2.63. The molecule has 1 atom stereocenters. The van der Waals surface area contributed by atoms with E-state index >= 15 is 0 Å². The zero-order chi connectivity index (χ0) is 21.8. The summed E-state index contributed by atoms with van der Waals surface area (Å²) in [6.07, 6.45) is 0.170. The Morgan fingerprint density at radius 3 is 2.45 bits per heavy atom. The molecule has 1 amide bonds. The van der Waals surface area contributed by atoms with Gasteiger partial charge in [0.25, 0.3) is 0 Å². The van der Waals surface area contributed by atoms with Crippen LogP contribution in [0.3, 0.4) is 0 Å². The molecule has 6 nitrogen and oxygen atoms in total. The van der Waals surface area contributed by atoms with Crippen molar-refractivity contribution in [3.8, 4) is 6.07 Å². The Morgan fingerprint density at radius 1 is 1.34 bits per heavy atom. The lowest BCUT2D eigenvalue weighted by Gasteiger charge is -2.44. The van der Waals surface area contributed by atoms with Crippen molar-refractivity contribution in [2.45, 2.75) is 51.6 Å². The standard InChI is InChI=1S/C21H26ClFN2O4/c1-5-28-18(26)15(13-24)21(14-6-7-17(23)16(22)12-14)8-10-25(11-9-21)19(27)29-20(2,3)4/h6-7,12,15H,5,8-11H2,1-4H3. The minimum atomic E-state index is -1.11. The number of hydrogen-bond donors (Lipinski definition) is 0. The Bertz CT molecular complexity index is 808. The highest BCUT2D eigenvalue weighted by Gasteiger charge is 2.48. The van der Waals surface area contributed by atoms with Gasteiger partial charge in [-0.1, -0.05) is 17.7 Å². The fraction of sp³-hybridized carbons (Fsp3) is 0.571. The zero-order valence-corrected chi connectivity index (χ0v) is 17.9. The molecule has 29 heavy (non-hydrogen) atoms. The quantitative estimate of drug-likeness (QED) is 0.667. The largest absolute Gasteiger partial charge is 0.465 e. The number of rotatable bonds is 4. The molecule has 1 aromatic rings. The second-order valence-electron chi connectivity index (χ2n) is 8.07.